The largest absolute Gasteiger partial charge is 0.361 e. The Morgan fingerprint density at radius 1 is 1.00 bits per heavy atom. The van der Waals surface area contributed by atoms with E-state index in [1.165, 1.54) is 43.0 Å². The molecule has 1 saturated heterocycles. The van der Waals surface area contributed by atoms with Crippen LogP contribution in [0, 0.1) is 17.6 Å². The van der Waals surface area contributed by atoms with E-state index in [4.69, 9.17) is 0 Å². The number of aromatic nitrogens is 1. The number of hydrogen-bond acceptors (Lipinski definition) is 2. The van der Waals surface area contributed by atoms with Crippen LogP contribution in [0.25, 0.3) is 10.9 Å². The summed E-state index contributed by atoms with van der Waals surface area (Å²) in [5, 5.41) is 1.09. The van der Waals surface area contributed by atoms with Crippen molar-refractivity contribution in [2.45, 2.75) is 50.9 Å². The molecular formula is C28H33F2N3O. The van der Waals surface area contributed by atoms with Crippen LogP contribution >= 0.6 is 0 Å². The van der Waals surface area contributed by atoms with Gasteiger partial charge in [0, 0.05) is 48.8 Å². The second kappa shape index (κ2) is 10.3. The minimum atomic E-state index is -0.288. The van der Waals surface area contributed by atoms with E-state index in [1.807, 2.05) is 17.2 Å². The highest BCUT2D eigenvalue weighted by atomic mass is 19.1. The van der Waals surface area contributed by atoms with Gasteiger partial charge in [-0.15, -0.1) is 0 Å². The molecule has 34 heavy (non-hydrogen) atoms. The van der Waals surface area contributed by atoms with Gasteiger partial charge in [-0.2, -0.15) is 0 Å². The van der Waals surface area contributed by atoms with E-state index < -0.39 is 0 Å². The van der Waals surface area contributed by atoms with E-state index >= 15 is 0 Å². The predicted octanol–water partition coefficient (Wildman–Crippen LogP) is 6.24. The molecular weight excluding hydrogens is 432 g/mol. The SMILES string of the molecule is O=C(CC1CCCCC1)N(CCN1CCC(c2c[nH]c3cc(F)ccc23)C1)c1ccc(F)cc1. The Labute approximate surface area is 199 Å². The smallest absolute Gasteiger partial charge is 0.227 e. The molecule has 1 saturated carbocycles. The van der Waals surface area contributed by atoms with Gasteiger partial charge in [-0.25, -0.2) is 8.78 Å². The molecule has 1 aromatic heterocycles. The number of aromatic amines is 1. The van der Waals surface area contributed by atoms with E-state index in [9.17, 15) is 13.6 Å². The minimum Gasteiger partial charge on any atom is -0.361 e. The van der Waals surface area contributed by atoms with Gasteiger partial charge >= 0.3 is 0 Å². The summed E-state index contributed by atoms with van der Waals surface area (Å²) in [6.07, 6.45) is 9.58. The Balaban J connectivity index is 1.24. The van der Waals surface area contributed by atoms with E-state index in [0.717, 1.165) is 55.5 Å². The molecule has 1 amide bonds. The number of H-pyrrole nitrogens is 1. The lowest BCUT2D eigenvalue weighted by atomic mass is 9.86. The number of anilines is 1. The van der Waals surface area contributed by atoms with Crippen LogP contribution in [0.5, 0.6) is 0 Å². The summed E-state index contributed by atoms with van der Waals surface area (Å²) in [6, 6.07) is 11.2. The van der Waals surface area contributed by atoms with E-state index in [1.54, 1.807) is 18.2 Å². The number of carbonyl (C=O) groups is 1. The zero-order valence-corrected chi connectivity index (χ0v) is 19.6. The van der Waals surface area contributed by atoms with Gasteiger partial charge in [0.1, 0.15) is 11.6 Å². The molecule has 1 aliphatic heterocycles. The fourth-order valence-electron chi connectivity index (χ4n) is 5.76. The van der Waals surface area contributed by atoms with Crippen molar-refractivity contribution in [2.75, 3.05) is 31.1 Å². The minimum absolute atomic E-state index is 0.146. The number of nitrogens with zero attached hydrogens (tertiary/aromatic N) is 2. The molecule has 1 atom stereocenters. The van der Waals surface area contributed by atoms with Crippen LogP contribution in [0.4, 0.5) is 14.5 Å². The number of carbonyl (C=O) groups excluding carboxylic acids is 1. The van der Waals surface area contributed by atoms with Crippen LogP contribution in [0.15, 0.2) is 48.7 Å². The number of nitrogens with one attached hydrogen (secondary N) is 1. The fraction of sp³-hybridized carbons (Fsp3) is 0.464. The van der Waals surface area contributed by atoms with Gasteiger partial charge in [-0.05, 0) is 85.7 Å². The summed E-state index contributed by atoms with van der Waals surface area (Å²) < 4.78 is 27.1. The molecule has 0 radical (unpaired) electrons. The van der Waals surface area contributed by atoms with Crippen molar-refractivity contribution in [3.05, 3.63) is 65.9 Å². The maximum atomic E-state index is 13.6. The molecule has 3 aromatic rings. The monoisotopic (exact) mass is 465 g/mol. The van der Waals surface area contributed by atoms with Crippen LogP contribution in [0.1, 0.15) is 56.4 Å². The van der Waals surface area contributed by atoms with Gasteiger partial charge < -0.3 is 14.8 Å². The molecule has 1 N–H and O–H groups in total. The first-order chi connectivity index (χ1) is 16.6. The topological polar surface area (TPSA) is 39.3 Å². The molecule has 0 bridgehead atoms. The molecule has 4 nitrogen and oxygen atoms in total. The molecule has 2 aromatic carbocycles. The first-order valence-electron chi connectivity index (χ1n) is 12.6. The van der Waals surface area contributed by atoms with Crippen molar-refractivity contribution in [1.29, 1.82) is 0 Å². The van der Waals surface area contributed by atoms with E-state index in [0.29, 0.717) is 24.8 Å². The second-order valence-corrected chi connectivity index (χ2v) is 9.95. The summed E-state index contributed by atoms with van der Waals surface area (Å²) in [4.78, 5) is 20.8. The highest BCUT2D eigenvalue weighted by Crippen LogP contribution is 2.33. The van der Waals surface area contributed by atoms with Crippen LogP contribution in [0.3, 0.4) is 0 Å². The van der Waals surface area contributed by atoms with Gasteiger partial charge in [-0.3, -0.25) is 4.79 Å². The van der Waals surface area contributed by atoms with Gasteiger partial charge in [0.05, 0.1) is 0 Å². The summed E-state index contributed by atoms with van der Waals surface area (Å²) in [7, 11) is 0. The number of rotatable bonds is 7. The molecule has 1 aliphatic carbocycles. The molecule has 1 unspecified atom stereocenters. The lowest BCUT2D eigenvalue weighted by Crippen LogP contribution is -2.39. The average Bonchev–Trinajstić information content (AvgIpc) is 3.47. The number of likely N-dealkylation sites (tertiary alicyclic amines) is 1. The summed E-state index contributed by atoms with van der Waals surface area (Å²) >= 11 is 0. The standard InChI is InChI=1S/C28H33F2N3O/c29-22-6-9-24(10-7-22)33(28(34)16-20-4-2-1-3-5-20)15-14-32-13-12-21(19-32)26-18-31-27-17-23(30)8-11-25(26)27/h6-11,17-18,20-21,31H,1-5,12-16,19H2. The lowest BCUT2D eigenvalue weighted by molar-refractivity contribution is -0.119. The highest BCUT2D eigenvalue weighted by molar-refractivity contribution is 5.93. The van der Waals surface area contributed by atoms with Gasteiger partial charge in [0.2, 0.25) is 5.91 Å². The second-order valence-electron chi connectivity index (χ2n) is 9.95. The van der Waals surface area contributed by atoms with Gasteiger partial charge in [0.15, 0.2) is 0 Å². The third-order valence-corrected chi connectivity index (χ3v) is 7.66. The Bertz CT molecular complexity index is 1120. The molecule has 180 valence electrons. The average molecular weight is 466 g/mol. The maximum Gasteiger partial charge on any atom is 0.227 e. The summed E-state index contributed by atoms with van der Waals surface area (Å²) in [5.74, 6) is 0.480. The molecule has 2 fully saturated rings. The Morgan fingerprint density at radius 2 is 1.76 bits per heavy atom. The molecule has 6 heteroatoms. The molecule has 2 heterocycles. The van der Waals surface area contributed by atoms with Crippen molar-refractivity contribution in [3.8, 4) is 0 Å². The highest BCUT2D eigenvalue weighted by Gasteiger charge is 2.28. The number of benzene rings is 2. The Kier molecular flexibility index (Phi) is 6.95. The third-order valence-electron chi connectivity index (χ3n) is 7.66. The van der Waals surface area contributed by atoms with Crippen LogP contribution in [-0.2, 0) is 4.79 Å². The number of amides is 1. The van der Waals surface area contributed by atoms with Crippen molar-refractivity contribution in [2.24, 2.45) is 5.92 Å². The number of hydrogen-bond donors (Lipinski definition) is 1. The summed E-state index contributed by atoms with van der Waals surface area (Å²) in [6.45, 7) is 3.26. The first-order valence-corrected chi connectivity index (χ1v) is 12.6. The first kappa shape index (κ1) is 23.0. The zero-order valence-electron chi connectivity index (χ0n) is 19.6. The van der Waals surface area contributed by atoms with Crippen molar-refractivity contribution >= 4 is 22.5 Å². The van der Waals surface area contributed by atoms with Crippen LogP contribution in [0.2, 0.25) is 0 Å². The fourth-order valence-corrected chi connectivity index (χ4v) is 5.76. The Morgan fingerprint density at radius 3 is 2.56 bits per heavy atom. The quantitative estimate of drug-likeness (QED) is 0.449. The van der Waals surface area contributed by atoms with Crippen LogP contribution < -0.4 is 4.90 Å². The van der Waals surface area contributed by atoms with Crippen molar-refractivity contribution < 1.29 is 13.6 Å². The lowest BCUT2D eigenvalue weighted by Gasteiger charge is -2.28. The molecule has 5 rings (SSSR count). The van der Waals surface area contributed by atoms with E-state index in [2.05, 4.69) is 9.88 Å². The molecule has 2 aliphatic rings. The summed E-state index contributed by atoms with van der Waals surface area (Å²) in [5.41, 5.74) is 2.85. The predicted molar refractivity (Wildman–Crippen MR) is 132 cm³/mol. The van der Waals surface area contributed by atoms with Crippen molar-refractivity contribution in [3.63, 3.8) is 0 Å². The van der Waals surface area contributed by atoms with Crippen molar-refractivity contribution in [1.82, 2.24) is 9.88 Å². The van der Waals surface area contributed by atoms with Crippen LogP contribution in [-0.4, -0.2) is 42.0 Å². The molecule has 0 spiro atoms. The number of halogens is 2. The maximum absolute atomic E-state index is 13.6. The normalized spacial score (nSPS) is 19.6. The van der Waals surface area contributed by atoms with Gasteiger partial charge in [-0.1, -0.05) is 19.3 Å². The number of fused-ring (bicyclic) bond motifs is 1. The Hall–Kier alpha value is -2.73. The van der Waals surface area contributed by atoms with Gasteiger partial charge in [0.25, 0.3) is 0 Å². The third kappa shape index (κ3) is 5.17. The zero-order chi connectivity index (χ0) is 23.5. The van der Waals surface area contributed by atoms with E-state index in [-0.39, 0.29) is 17.5 Å².